The third-order valence-electron chi connectivity index (χ3n) is 4.53. The molecule has 1 amide bonds. The molecule has 1 aliphatic rings. The lowest BCUT2D eigenvalue weighted by molar-refractivity contribution is -0.117. The van der Waals surface area contributed by atoms with Gasteiger partial charge in [-0.25, -0.2) is 0 Å². The summed E-state index contributed by atoms with van der Waals surface area (Å²) in [6.07, 6.45) is 0.822. The Morgan fingerprint density at radius 3 is 2.39 bits per heavy atom. The molecule has 1 N–H and O–H groups in total. The summed E-state index contributed by atoms with van der Waals surface area (Å²) in [7, 11) is 3.21. The average Bonchev–Trinajstić information content (AvgIpc) is 2.67. The van der Waals surface area contributed by atoms with Crippen molar-refractivity contribution < 1.29 is 23.0 Å². The maximum atomic E-state index is 12.4. The highest BCUT2D eigenvalue weighted by atomic mass is 32.2. The minimum Gasteiger partial charge on any atom is -0.493 e. The van der Waals surface area contributed by atoms with E-state index in [1.165, 1.54) is 5.56 Å². The van der Waals surface area contributed by atoms with Crippen molar-refractivity contribution >= 4 is 23.4 Å². The number of hydrogen-bond acceptors (Lipinski definition) is 5. The Morgan fingerprint density at radius 2 is 1.79 bits per heavy atom. The molecule has 0 atom stereocenters. The van der Waals surface area contributed by atoms with Crippen molar-refractivity contribution in [3.63, 3.8) is 0 Å². The van der Waals surface area contributed by atoms with Gasteiger partial charge in [0, 0.05) is 23.7 Å². The van der Waals surface area contributed by atoms with E-state index in [-0.39, 0.29) is 12.5 Å². The molecule has 5 nitrogen and oxygen atoms in total. The van der Waals surface area contributed by atoms with Crippen LogP contribution in [0.2, 0.25) is 0 Å². The number of fused-ring (bicyclic) bond motifs is 1. The smallest absolute Gasteiger partial charge is 0.288 e. The van der Waals surface area contributed by atoms with Gasteiger partial charge in [-0.1, -0.05) is 11.8 Å². The Balaban J connectivity index is 1.58. The number of halogens is 2. The molecule has 8 heteroatoms. The molecule has 150 valence electrons. The molecule has 0 spiro atoms. The van der Waals surface area contributed by atoms with E-state index >= 15 is 0 Å². The lowest BCUT2D eigenvalue weighted by Crippen LogP contribution is -2.37. The fourth-order valence-corrected chi connectivity index (χ4v) is 3.70. The Hall–Kier alpha value is -2.32. The van der Waals surface area contributed by atoms with Gasteiger partial charge in [-0.05, 0) is 53.9 Å². The van der Waals surface area contributed by atoms with Crippen LogP contribution in [0.25, 0.3) is 0 Å². The van der Waals surface area contributed by atoms with Gasteiger partial charge < -0.3 is 14.8 Å². The van der Waals surface area contributed by atoms with Gasteiger partial charge in [0.1, 0.15) is 0 Å². The predicted octanol–water partition coefficient (Wildman–Crippen LogP) is 4.02. The first-order valence-electron chi connectivity index (χ1n) is 8.79. The number of nitrogens with zero attached hydrogens (tertiary/aromatic N) is 1. The van der Waals surface area contributed by atoms with Crippen LogP contribution < -0.4 is 14.8 Å². The predicted molar refractivity (Wildman–Crippen MR) is 105 cm³/mol. The Bertz CT molecular complexity index is 831. The monoisotopic (exact) mass is 408 g/mol. The molecule has 0 saturated carbocycles. The molecular weight excluding hydrogens is 386 g/mol. The first-order chi connectivity index (χ1) is 13.5. The summed E-state index contributed by atoms with van der Waals surface area (Å²) in [5.41, 5.74) is 2.90. The highest BCUT2D eigenvalue weighted by Crippen LogP contribution is 2.33. The molecule has 0 aromatic heterocycles. The zero-order chi connectivity index (χ0) is 20.1. The van der Waals surface area contributed by atoms with Crippen LogP contribution in [0.4, 0.5) is 14.5 Å². The van der Waals surface area contributed by atoms with E-state index in [4.69, 9.17) is 9.47 Å². The third kappa shape index (κ3) is 5.14. The van der Waals surface area contributed by atoms with Gasteiger partial charge in [-0.15, -0.1) is 0 Å². The second-order valence-electron chi connectivity index (χ2n) is 6.39. The number of anilines is 1. The van der Waals surface area contributed by atoms with Crippen LogP contribution in [-0.2, 0) is 17.8 Å². The van der Waals surface area contributed by atoms with Crippen LogP contribution in [0.1, 0.15) is 11.1 Å². The fourth-order valence-electron chi connectivity index (χ4n) is 3.20. The molecule has 2 aromatic carbocycles. The zero-order valence-corrected chi connectivity index (χ0v) is 16.5. The average molecular weight is 408 g/mol. The zero-order valence-electron chi connectivity index (χ0n) is 15.7. The fraction of sp³-hybridized carbons (Fsp3) is 0.350. The van der Waals surface area contributed by atoms with Crippen molar-refractivity contribution in [3.05, 3.63) is 47.5 Å². The normalized spacial score (nSPS) is 13.9. The highest BCUT2D eigenvalue weighted by Gasteiger charge is 2.21. The quantitative estimate of drug-likeness (QED) is 0.702. The summed E-state index contributed by atoms with van der Waals surface area (Å²) < 4.78 is 35.4. The molecule has 1 aliphatic heterocycles. The summed E-state index contributed by atoms with van der Waals surface area (Å²) in [5.74, 6) is -1.21. The van der Waals surface area contributed by atoms with Crippen LogP contribution in [-0.4, -0.2) is 43.9 Å². The van der Waals surface area contributed by atoms with Crippen molar-refractivity contribution in [2.75, 3.05) is 32.6 Å². The number of carbonyl (C=O) groups excluding carboxylic acids is 1. The number of amides is 1. The van der Waals surface area contributed by atoms with E-state index in [9.17, 15) is 13.6 Å². The molecule has 1 heterocycles. The van der Waals surface area contributed by atoms with Gasteiger partial charge in [0.15, 0.2) is 11.5 Å². The first-order valence-corrected chi connectivity index (χ1v) is 9.67. The van der Waals surface area contributed by atoms with Crippen molar-refractivity contribution in [1.82, 2.24) is 4.90 Å². The number of thioether (sulfide) groups is 1. The number of methoxy groups -OCH3 is 2. The minimum absolute atomic E-state index is 0.141. The maximum Gasteiger partial charge on any atom is 0.288 e. The van der Waals surface area contributed by atoms with Gasteiger partial charge in [0.2, 0.25) is 5.91 Å². The molecule has 0 fully saturated rings. The largest absolute Gasteiger partial charge is 0.493 e. The summed E-state index contributed by atoms with van der Waals surface area (Å²) in [5, 5.41) is 2.81. The number of hydrogen-bond donors (Lipinski definition) is 1. The molecule has 0 aliphatic carbocycles. The lowest BCUT2D eigenvalue weighted by atomic mass is 9.99. The van der Waals surface area contributed by atoms with Gasteiger partial charge in [-0.2, -0.15) is 8.78 Å². The molecular formula is C20H22F2N2O3S. The van der Waals surface area contributed by atoms with Crippen LogP contribution in [0.5, 0.6) is 11.5 Å². The summed E-state index contributed by atoms with van der Waals surface area (Å²) >= 11 is 0.480. The van der Waals surface area contributed by atoms with Gasteiger partial charge in [0.25, 0.3) is 5.76 Å². The number of carbonyl (C=O) groups is 1. The maximum absolute atomic E-state index is 12.4. The number of nitrogens with one attached hydrogen (secondary N) is 1. The molecule has 3 rings (SSSR count). The van der Waals surface area contributed by atoms with Crippen molar-refractivity contribution in [2.45, 2.75) is 23.6 Å². The first kappa shape index (κ1) is 20.4. The Morgan fingerprint density at radius 1 is 1.14 bits per heavy atom. The van der Waals surface area contributed by atoms with E-state index in [1.54, 1.807) is 38.5 Å². The molecule has 0 saturated heterocycles. The van der Waals surface area contributed by atoms with Crippen LogP contribution in [0.3, 0.4) is 0 Å². The van der Waals surface area contributed by atoms with Crippen LogP contribution >= 0.6 is 11.8 Å². The second-order valence-corrected chi connectivity index (χ2v) is 7.45. The van der Waals surface area contributed by atoms with Gasteiger partial charge >= 0.3 is 0 Å². The Labute approximate surface area is 167 Å². The summed E-state index contributed by atoms with van der Waals surface area (Å²) in [6.45, 7) is 1.66. The highest BCUT2D eigenvalue weighted by molar-refractivity contribution is 7.99. The SMILES string of the molecule is COc1cc2c(cc1OC)CN(CC(=O)Nc1ccc(SC(F)F)cc1)CC2. The van der Waals surface area contributed by atoms with Gasteiger partial charge in [-0.3, -0.25) is 9.69 Å². The molecule has 0 radical (unpaired) electrons. The molecule has 2 aromatic rings. The second kappa shape index (κ2) is 9.25. The van der Waals surface area contributed by atoms with E-state index in [0.717, 1.165) is 18.5 Å². The summed E-state index contributed by atoms with van der Waals surface area (Å²) in [4.78, 5) is 14.9. The number of alkyl halides is 2. The van der Waals surface area contributed by atoms with E-state index in [0.29, 0.717) is 40.4 Å². The lowest BCUT2D eigenvalue weighted by Gasteiger charge is -2.29. The summed E-state index contributed by atoms with van der Waals surface area (Å²) in [6, 6.07) is 10.4. The topological polar surface area (TPSA) is 50.8 Å². The molecule has 0 unspecified atom stereocenters. The standard InChI is InChI=1S/C20H22F2N2O3S/c1-26-17-9-13-7-8-24(11-14(13)10-18(17)27-2)12-19(25)23-15-3-5-16(6-4-15)28-20(21)22/h3-6,9-10,20H,7-8,11-12H2,1-2H3,(H,23,25). The molecule has 28 heavy (non-hydrogen) atoms. The minimum atomic E-state index is -2.46. The Kier molecular flexibility index (Phi) is 6.74. The van der Waals surface area contributed by atoms with E-state index in [1.807, 2.05) is 12.1 Å². The molecule has 0 bridgehead atoms. The number of rotatable bonds is 7. The van der Waals surface area contributed by atoms with E-state index in [2.05, 4.69) is 10.2 Å². The van der Waals surface area contributed by atoms with Gasteiger partial charge in [0.05, 0.1) is 20.8 Å². The van der Waals surface area contributed by atoms with Crippen molar-refractivity contribution in [2.24, 2.45) is 0 Å². The third-order valence-corrected chi connectivity index (χ3v) is 5.25. The van der Waals surface area contributed by atoms with Crippen molar-refractivity contribution in [1.29, 1.82) is 0 Å². The van der Waals surface area contributed by atoms with Crippen LogP contribution in [0.15, 0.2) is 41.3 Å². The van der Waals surface area contributed by atoms with E-state index < -0.39 is 5.76 Å². The van der Waals surface area contributed by atoms with Crippen LogP contribution in [0, 0.1) is 0 Å². The van der Waals surface area contributed by atoms with Crippen molar-refractivity contribution in [3.8, 4) is 11.5 Å². The number of benzene rings is 2. The number of ether oxygens (including phenoxy) is 2.